The fourth-order valence-corrected chi connectivity index (χ4v) is 2.40. The highest BCUT2D eigenvalue weighted by molar-refractivity contribution is 7.71. The van der Waals surface area contributed by atoms with Crippen molar-refractivity contribution in [2.24, 2.45) is 0 Å². The largest absolute Gasteiger partial charge is 0.425 e. The molecule has 3 aromatic rings. The standard InChI is InChI=1S/C15H10FNO2S/c1-9-2-7-13-12(8-9)14(20)17(15(18)19-13)11-5-3-10(16)4-6-11/h2-8H,1H3. The van der Waals surface area contributed by atoms with Gasteiger partial charge in [-0.05, 0) is 43.3 Å². The molecule has 0 aliphatic carbocycles. The van der Waals surface area contributed by atoms with Crippen molar-refractivity contribution >= 4 is 23.2 Å². The Morgan fingerprint density at radius 2 is 1.85 bits per heavy atom. The van der Waals surface area contributed by atoms with Crippen molar-refractivity contribution < 1.29 is 8.81 Å². The van der Waals surface area contributed by atoms with E-state index >= 15 is 0 Å². The summed E-state index contributed by atoms with van der Waals surface area (Å²) in [6, 6.07) is 11.0. The molecule has 0 N–H and O–H groups in total. The number of halogens is 1. The number of fused-ring (bicyclic) bond motifs is 1. The summed E-state index contributed by atoms with van der Waals surface area (Å²) in [6.45, 7) is 1.93. The van der Waals surface area contributed by atoms with Crippen molar-refractivity contribution in [1.82, 2.24) is 4.57 Å². The molecule has 20 heavy (non-hydrogen) atoms. The number of aromatic nitrogens is 1. The Morgan fingerprint density at radius 3 is 2.55 bits per heavy atom. The van der Waals surface area contributed by atoms with Crippen LogP contribution in [0.1, 0.15) is 5.56 Å². The average Bonchev–Trinajstić information content (AvgIpc) is 2.42. The zero-order chi connectivity index (χ0) is 14.3. The van der Waals surface area contributed by atoms with E-state index in [2.05, 4.69) is 0 Å². The topological polar surface area (TPSA) is 35.1 Å². The molecule has 3 rings (SSSR count). The number of hydrogen-bond acceptors (Lipinski definition) is 3. The SMILES string of the molecule is Cc1ccc2oc(=O)n(-c3ccc(F)cc3)c(=S)c2c1. The minimum Gasteiger partial charge on any atom is -0.409 e. The number of aryl methyl sites for hydroxylation is 1. The average molecular weight is 287 g/mol. The van der Waals surface area contributed by atoms with Crippen LogP contribution in [0.4, 0.5) is 4.39 Å². The summed E-state index contributed by atoms with van der Waals surface area (Å²) in [5.74, 6) is -0.959. The maximum Gasteiger partial charge on any atom is 0.425 e. The van der Waals surface area contributed by atoms with Crippen molar-refractivity contribution in [3.8, 4) is 5.69 Å². The molecule has 0 amide bonds. The summed E-state index contributed by atoms with van der Waals surface area (Å²) >= 11 is 5.36. The van der Waals surface area contributed by atoms with Crippen molar-refractivity contribution in [1.29, 1.82) is 0 Å². The van der Waals surface area contributed by atoms with Crippen LogP contribution in [-0.2, 0) is 0 Å². The van der Waals surface area contributed by atoms with E-state index in [1.54, 1.807) is 6.07 Å². The Labute approximate surface area is 118 Å². The van der Waals surface area contributed by atoms with Crippen molar-refractivity contribution in [3.05, 3.63) is 69.0 Å². The first-order chi connectivity index (χ1) is 9.56. The van der Waals surface area contributed by atoms with Gasteiger partial charge in [0.15, 0.2) is 0 Å². The Bertz CT molecular complexity index is 910. The molecular weight excluding hydrogens is 277 g/mol. The maximum absolute atomic E-state index is 13.0. The van der Waals surface area contributed by atoms with Crippen LogP contribution in [0.15, 0.2) is 51.7 Å². The second-order valence-electron chi connectivity index (χ2n) is 4.48. The molecule has 2 aromatic carbocycles. The summed E-state index contributed by atoms with van der Waals surface area (Å²) in [4.78, 5) is 12.1. The van der Waals surface area contributed by atoms with Crippen LogP contribution in [0, 0.1) is 17.4 Å². The Kier molecular flexibility index (Phi) is 2.99. The summed E-state index contributed by atoms with van der Waals surface area (Å²) in [5, 5.41) is 0.684. The van der Waals surface area contributed by atoms with Crippen molar-refractivity contribution in [2.45, 2.75) is 6.92 Å². The number of nitrogens with zero attached hydrogens (tertiary/aromatic N) is 1. The van der Waals surface area contributed by atoms with E-state index in [-0.39, 0.29) is 5.82 Å². The lowest BCUT2D eigenvalue weighted by Gasteiger charge is -2.07. The van der Waals surface area contributed by atoms with E-state index in [0.29, 0.717) is 21.3 Å². The third kappa shape index (κ3) is 2.06. The summed E-state index contributed by atoms with van der Waals surface area (Å²) in [7, 11) is 0. The van der Waals surface area contributed by atoms with Gasteiger partial charge >= 0.3 is 5.76 Å². The molecule has 0 saturated carbocycles. The molecule has 5 heteroatoms. The Morgan fingerprint density at radius 1 is 1.15 bits per heavy atom. The van der Waals surface area contributed by atoms with E-state index < -0.39 is 5.76 Å². The lowest BCUT2D eigenvalue weighted by molar-refractivity contribution is 0.506. The zero-order valence-electron chi connectivity index (χ0n) is 10.6. The zero-order valence-corrected chi connectivity index (χ0v) is 11.4. The molecule has 0 fully saturated rings. The van der Waals surface area contributed by atoms with Crippen LogP contribution < -0.4 is 5.76 Å². The second-order valence-corrected chi connectivity index (χ2v) is 4.87. The molecule has 0 bridgehead atoms. The summed E-state index contributed by atoms with van der Waals surface area (Å²) in [5.41, 5.74) is 1.95. The first-order valence-corrected chi connectivity index (χ1v) is 6.39. The van der Waals surface area contributed by atoms with Crippen molar-refractivity contribution in [3.63, 3.8) is 0 Å². The van der Waals surface area contributed by atoms with Crippen molar-refractivity contribution in [2.75, 3.05) is 0 Å². The van der Waals surface area contributed by atoms with Crippen LogP contribution in [0.5, 0.6) is 0 Å². The summed E-state index contributed by atoms with van der Waals surface area (Å²) < 4.78 is 19.8. The minimum atomic E-state index is -0.585. The van der Waals surface area contributed by atoms with E-state index in [4.69, 9.17) is 16.6 Å². The van der Waals surface area contributed by atoms with E-state index in [1.807, 2.05) is 19.1 Å². The molecular formula is C15H10FNO2S. The van der Waals surface area contributed by atoms with Crippen LogP contribution in [0.2, 0.25) is 0 Å². The molecule has 0 aliphatic heterocycles. The van der Waals surface area contributed by atoms with Gasteiger partial charge in [0, 0.05) is 0 Å². The van der Waals surface area contributed by atoms with Crippen LogP contribution in [0.25, 0.3) is 16.7 Å². The Hall–Kier alpha value is -2.27. The molecule has 0 atom stereocenters. The van der Waals surface area contributed by atoms with Gasteiger partial charge in [-0.1, -0.05) is 23.8 Å². The first kappa shape index (κ1) is 12.7. The van der Waals surface area contributed by atoms with Gasteiger partial charge in [-0.2, -0.15) is 0 Å². The monoisotopic (exact) mass is 287 g/mol. The second kappa shape index (κ2) is 4.68. The van der Waals surface area contributed by atoms with Gasteiger partial charge in [0.2, 0.25) is 0 Å². The van der Waals surface area contributed by atoms with E-state index in [1.165, 1.54) is 28.8 Å². The summed E-state index contributed by atoms with van der Waals surface area (Å²) in [6.07, 6.45) is 0. The third-order valence-electron chi connectivity index (χ3n) is 3.03. The minimum absolute atomic E-state index is 0.353. The lowest BCUT2D eigenvalue weighted by atomic mass is 10.2. The molecule has 0 spiro atoms. The molecule has 100 valence electrons. The first-order valence-electron chi connectivity index (χ1n) is 5.99. The van der Waals surface area contributed by atoms with Gasteiger partial charge in [0.1, 0.15) is 16.0 Å². The molecule has 1 heterocycles. The predicted molar refractivity (Wildman–Crippen MR) is 77.3 cm³/mol. The van der Waals surface area contributed by atoms with Gasteiger partial charge in [-0.25, -0.2) is 13.8 Å². The molecule has 0 saturated heterocycles. The normalized spacial score (nSPS) is 10.9. The van der Waals surface area contributed by atoms with Gasteiger partial charge in [0.25, 0.3) is 0 Å². The van der Waals surface area contributed by atoms with Crippen LogP contribution in [-0.4, -0.2) is 4.57 Å². The van der Waals surface area contributed by atoms with Crippen LogP contribution in [0.3, 0.4) is 0 Å². The molecule has 1 aromatic heterocycles. The highest BCUT2D eigenvalue weighted by Crippen LogP contribution is 2.18. The van der Waals surface area contributed by atoms with Gasteiger partial charge in [-0.3, -0.25) is 0 Å². The molecule has 0 aliphatic rings. The van der Waals surface area contributed by atoms with E-state index in [0.717, 1.165) is 5.56 Å². The molecule has 0 radical (unpaired) electrons. The van der Waals surface area contributed by atoms with E-state index in [9.17, 15) is 9.18 Å². The quantitative estimate of drug-likeness (QED) is 0.639. The smallest absolute Gasteiger partial charge is 0.409 e. The predicted octanol–water partition coefficient (Wildman–Crippen LogP) is 3.76. The Balaban J connectivity index is 2.39. The number of rotatable bonds is 1. The van der Waals surface area contributed by atoms with Crippen LogP contribution >= 0.6 is 12.2 Å². The maximum atomic E-state index is 13.0. The lowest BCUT2D eigenvalue weighted by Crippen LogP contribution is -2.18. The van der Waals surface area contributed by atoms with Gasteiger partial charge in [0.05, 0.1) is 11.1 Å². The van der Waals surface area contributed by atoms with Gasteiger partial charge < -0.3 is 4.42 Å². The highest BCUT2D eigenvalue weighted by Gasteiger charge is 2.09. The fraction of sp³-hybridized carbons (Fsp3) is 0.0667. The number of benzene rings is 2. The molecule has 0 unspecified atom stereocenters. The third-order valence-corrected chi connectivity index (χ3v) is 3.44. The fourth-order valence-electron chi connectivity index (χ4n) is 2.06. The number of hydrogen-bond donors (Lipinski definition) is 0. The van der Waals surface area contributed by atoms with Gasteiger partial charge in [-0.15, -0.1) is 0 Å². The molecule has 3 nitrogen and oxygen atoms in total. The highest BCUT2D eigenvalue weighted by atomic mass is 32.1.